The minimum atomic E-state index is -0.245. The average molecular weight is 253 g/mol. The molecule has 102 valence electrons. The highest BCUT2D eigenvalue weighted by Gasteiger charge is 2.36. The predicted molar refractivity (Wildman–Crippen MR) is 73.0 cm³/mol. The Morgan fingerprint density at radius 2 is 2.11 bits per heavy atom. The van der Waals surface area contributed by atoms with Crippen molar-refractivity contribution < 1.29 is 4.39 Å². The minimum Gasteiger partial charge on any atom is -0.309 e. The van der Waals surface area contributed by atoms with Crippen molar-refractivity contribution in [3.05, 3.63) is 29.8 Å². The monoisotopic (exact) mass is 253 g/mol. The molecule has 0 saturated carbocycles. The van der Waals surface area contributed by atoms with E-state index in [2.05, 4.69) is 29.0 Å². The van der Waals surface area contributed by atoms with Crippen LogP contribution in [0.3, 0.4) is 0 Å². The molecule has 18 heavy (non-hydrogen) atoms. The van der Waals surface area contributed by atoms with Gasteiger partial charge in [-0.25, -0.2) is 4.39 Å². The van der Waals surface area contributed by atoms with Crippen molar-refractivity contribution in [1.29, 1.82) is 0 Å². The summed E-state index contributed by atoms with van der Waals surface area (Å²) in [5.74, 6) is -0.245. The number of pyridine rings is 1. The molecule has 2 unspecified atom stereocenters. The van der Waals surface area contributed by atoms with E-state index in [1.54, 1.807) is 12.3 Å². The maximum absolute atomic E-state index is 14.0. The number of aromatic nitrogens is 1. The van der Waals surface area contributed by atoms with Crippen molar-refractivity contribution in [2.24, 2.45) is 0 Å². The summed E-state index contributed by atoms with van der Waals surface area (Å²) in [5, 5.41) is 3.40. The number of halogens is 1. The number of rotatable bonds is 6. The molecule has 0 bridgehead atoms. The lowest BCUT2D eigenvalue weighted by atomic mass is 9.83. The maximum Gasteiger partial charge on any atom is 0.146 e. The van der Waals surface area contributed by atoms with Crippen molar-refractivity contribution in [2.75, 3.05) is 20.6 Å². The van der Waals surface area contributed by atoms with Gasteiger partial charge >= 0.3 is 0 Å². The van der Waals surface area contributed by atoms with Crippen LogP contribution >= 0.6 is 0 Å². The molecule has 0 aliphatic heterocycles. The van der Waals surface area contributed by atoms with Crippen LogP contribution in [0.1, 0.15) is 38.8 Å². The van der Waals surface area contributed by atoms with Gasteiger partial charge in [0.15, 0.2) is 0 Å². The highest BCUT2D eigenvalue weighted by Crippen LogP contribution is 2.33. The van der Waals surface area contributed by atoms with Crippen LogP contribution in [0.2, 0.25) is 0 Å². The van der Waals surface area contributed by atoms with E-state index in [1.165, 1.54) is 6.20 Å². The van der Waals surface area contributed by atoms with E-state index in [0.29, 0.717) is 5.56 Å². The van der Waals surface area contributed by atoms with E-state index in [4.69, 9.17) is 0 Å². The van der Waals surface area contributed by atoms with Crippen molar-refractivity contribution in [3.8, 4) is 0 Å². The summed E-state index contributed by atoms with van der Waals surface area (Å²) < 4.78 is 14.0. The van der Waals surface area contributed by atoms with E-state index in [9.17, 15) is 4.39 Å². The van der Waals surface area contributed by atoms with E-state index >= 15 is 0 Å². The smallest absolute Gasteiger partial charge is 0.146 e. The zero-order valence-corrected chi connectivity index (χ0v) is 12.0. The number of hydrogen-bond donors (Lipinski definition) is 1. The summed E-state index contributed by atoms with van der Waals surface area (Å²) >= 11 is 0. The summed E-state index contributed by atoms with van der Waals surface area (Å²) in [6.45, 7) is 7.12. The van der Waals surface area contributed by atoms with Gasteiger partial charge in [0, 0.05) is 17.3 Å². The van der Waals surface area contributed by atoms with Gasteiger partial charge in [0.2, 0.25) is 0 Å². The predicted octanol–water partition coefficient (Wildman–Crippen LogP) is 2.60. The van der Waals surface area contributed by atoms with Crippen LogP contribution in [0.5, 0.6) is 0 Å². The third-order valence-corrected chi connectivity index (χ3v) is 3.88. The molecule has 0 aliphatic carbocycles. The highest BCUT2D eigenvalue weighted by molar-refractivity contribution is 5.22. The molecule has 0 aromatic carbocycles. The van der Waals surface area contributed by atoms with Crippen LogP contribution in [0.4, 0.5) is 4.39 Å². The molecule has 0 aliphatic rings. The van der Waals surface area contributed by atoms with Crippen LogP contribution < -0.4 is 5.32 Å². The Balaban J connectivity index is 3.21. The molecule has 4 heteroatoms. The molecule has 0 spiro atoms. The third kappa shape index (κ3) is 2.87. The second-order valence-corrected chi connectivity index (χ2v) is 4.99. The zero-order chi connectivity index (χ0) is 13.8. The van der Waals surface area contributed by atoms with Crippen LogP contribution in [0, 0.1) is 5.82 Å². The molecule has 1 rings (SSSR count). The third-order valence-electron chi connectivity index (χ3n) is 3.88. The Bertz CT molecular complexity index is 381. The highest BCUT2D eigenvalue weighted by atomic mass is 19.1. The molecule has 2 atom stereocenters. The van der Waals surface area contributed by atoms with Gasteiger partial charge in [-0.1, -0.05) is 13.8 Å². The summed E-state index contributed by atoms with van der Waals surface area (Å²) in [7, 11) is 4.07. The van der Waals surface area contributed by atoms with Crippen molar-refractivity contribution in [2.45, 2.75) is 38.8 Å². The molecule has 0 radical (unpaired) electrons. The molecule has 0 fully saturated rings. The summed E-state index contributed by atoms with van der Waals surface area (Å²) in [6, 6.07) is 1.71. The van der Waals surface area contributed by atoms with Crippen molar-refractivity contribution >= 4 is 0 Å². The van der Waals surface area contributed by atoms with Crippen LogP contribution in [-0.2, 0) is 0 Å². The molecule has 3 nitrogen and oxygen atoms in total. The Morgan fingerprint density at radius 3 is 2.56 bits per heavy atom. The Labute approximate surface area is 109 Å². The second-order valence-electron chi connectivity index (χ2n) is 4.99. The second kappa shape index (κ2) is 6.25. The molecule has 1 heterocycles. The van der Waals surface area contributed by atoms with Crippen LogP contribution in [-0.4, -0.2) is 36.1 Å². The van der Waals surface area contributed by atoms with Crippen LogP contribution in [0.25, 0.3) is 0 Å². The first-order valence-corrected chi connectivity index (χ1v) is 6.47. The molecule has 0 amide bonds. The first-order chi connectivity index (χ1) is 8.47. The summed E-state index contributed by atoms with van der Waals surface area (Å²) in [4.78, 5) is 5.98. The van der Waals surface area contributed by atoms with E-state index in [1.807, 2.05) is 21.0 Å². The molecule has 1 N–H and O–H groups in total. The lowest BCUT2D eigenvalue weighted by Crippen LogP contribution is -2.51. The first kappa shape index (κ1) is 15.1. The van der Waals surface area contributed by atoms with Gasteiger partial charge < -0.3 is 10.2 Å². The molecule has 1 aromatic heterocycles. The number of likely N-dealkylation sites (N-methyl/N-ethyl adjacent to an activating group) is 2. The molecule has 0 saturated heterocycles. The first-order valence-electron chi connectivity index (χ1n) is 6.47. The summed E-state index contributed by atoms with van der Waals surface area (Å²) in [5.41, 5.74) is 0.544. The Hall–Kier alpha value is -1.00. The standard InChI is InChI=1S/C14H24FN3/c1-6-14(3,18(4)5)13(17-7-2)11-8-9-16-10-12(11)15/h8-10,13,17H,6-7H2,1-5H3. The van der Waals surface area contributed by atoms with Gasteiger partial charge in [-0.15, -0.1) is 0 Å². The van der Waals surface area contributed by atoms with Crippen molar-refractivity contribution in [1.82, 2.24) is 15.2 Å². The van der Waals surface area contributed by atoms with Gasteiger partial charge in [-0.05, 0) is 40.1 Å². The fourth-order valence-electron chi connectivity index (χ4n) is 2.27. The Morgan fingerprint density at radius 1 is 1.44 bits per heavy atom. The van der Waals surface area contributed by atoms with Gasteiger partial charge in [-0.2, -0.15) is 0 Å². The normalized spacial score (nSPS) is 16.6. The van der Waals surface area contributed by atoms with Crippen LogP contribution in [0.15, 0.2) is 18.5 Å². The molecular weight excluding hydrogens is 229 g/mol. The van der Waals surface area contributed by atoms with Gasteiger partial charge in [0.25, 0.3) is 0 Å². The zero-order valence-electron chi connectivity index (χ0n) is 12.0. The fraction of sp³-hybridized carbons (Fsp3) is 0.643. The lowest BCUT2D eigenvalue weighted by molar-refractivity contribution is 0.112. The summed E-state index contributed by atoms with van der Waals surface area (Å²) in [6.07, 6.45) is 3.86. The minimum absolute atomic E-state index is 0.0505. The largest absolute Gasteiger partial charge is 0.309 e. The van der Waals surface area contributed by atoms with Crippen molar-refractivity contribution in [3.63, 3.8) is 0 Å². The number of nitrogens with zero attached hydrogens (tertiary/aromatic N) is 2. The Kier molecular flexibility index (Phi) is 5.23. The molecule has 1 aromatic rings. The van der Waals surface area contributed by atoms with Gasteiger partial charge in [-0.3, -0.25) is 4.98 Å². The fourth-order valence-corrected chi connectivity index (χ4v) is 2.27. The van der Waals surface area contributed by atoms with Gasteiger partial charge in [0.1, 0.15) is 5.82 Å². The van der Waals surface area contributed by atoms with E-state index < -0.39 is 0 Å². The quantitative estimate of drug-likeness (QED) is 0.844. The van der Waals surface area contributed by atoms with E-state index in [0.717, 1.165) is 13.0 Å². The molecular formula is C14H24FN3. The number of hydrogen-bond acceptors (Lipinski definition) is 3. The van der Waals surface area contributed by atoms with E-state index in [-0.39, 0.29) is 17.4 Å². The topological polar surface area (TPSA) is 28.2 Å². The SMILES string of the molecule is CCNC(c1ccncc1F)C(C)(CC)N(C)C. The lowest BCUT2D eigenvalue weighted by Gasteiger charge is -2.43. The number of nitrogens with one attached hydrogen (secondary N) is 1. The maximum atomic E-state index is 14.0. The van der Waals surface area contributed by atoms with Gasteiger partial charge in [0.05, 0.1) is 12.2 Å². The average Bonchev–Trinajstić information content (AvgIpc) is 2.36.